The smallest absolute Gasteiger partial charge is 0.411 e. The minimum absolute atomic E-state index is 0.174. The molecule has 0 radical (unpaired) electrons. The average Bonchev–Trinajstić information content (AvgIpc) is 2.51. The van der Waals surface area contributed by atoms with Crippen LogP contribution in [0.1, 0.15) is 20.8 Å². The molecule has 0 spiro atoms. The Bertz CT molecular complexity index is 502. The van der Waals surface area contributed by atoms with Crippen LogP contribution in [0.5, 0.6) is 5.75 Å². The number of benzene rings is 1. The number of alkyl carbamates (subject to hydrolysis) is 1. The van der Waals surface area contributed by atoms with Crippen LogP contribution in [0, 0.1) is 5.92 Å². The van der Waals surface area contributed by atoms with Crippen molar-refractivity contribution in [2.75, 3.05) is 25.6 Å². The normalized spacial score (nSPS) is 11.5. The first kappa shape index (κ1) is 18.6. The topological polar surface area (TPSA) is 85.9 Å². The quantitative estimate of drug-likeness (QED) is 0.805. The third kappa shape index (κ3) is 7.94. The van der Waals surface area contributed by atoms with Crippen molar-refractivity contribution >= 4 is 17.9 Å². The van der Waals surface area contributed by atoms with Gasteiger partial charge in [-0.2, -0.15) is 0 Å². The van der Waals surface area contributed by atoms with Crippen LogP contribution >= 0.6 is 0 Å². The van der Waals surface area contributed by atoms with Gasteiger partial charge in [-0.15, -0.1) is 0 Å². The molecule has 0 fully saturated rings. The third-order valence-electron chi connectivity index (χ3n) is 2.73. The van der Waals surface area contributed by atoms with Gasteiger partial charge < -0.3 is 19.5 Å². The summed E-state index contributed by atoms with van der Waals surface area (Å²) in [4.78, 5) is 23.1. The number of carbonyl (C=O) groups excluding carboxylic acids is 2. The number of ether oxygens (including phenoxy) is 3. The van der Waals surface area contributed by atoms with Crippen LogP contribution in [0.4, 0.5) is 15.3 Å². The average molecular weight is 324 g/mol. The van der Waals surface area contributed by atoms with Crippen LogP contribution in [0.25, 0.3) is 0 Å². The molecule has 0 aliphatic carbocycles. The number of hydrogen-bond acceptors (Lipinski definition) is 5. The van der Waals surface area contributed by atoms with Crippen molar-refractivity contribution in [2.24, 2.45) is 5.92 Å². The first-order chi connectivity index (χ1) is 10.9. The summed E-state index contributed by atoms with van der Waals surface area (Å²) < 4.78 is 15.1. The number of rotatable bonds is 7. The third-order valence-corrected chi connectivity index (χ3v) is 2.73. The molecule has 0 aliphatic heterocycles. The molecule has 2 amide bonds. The molecular formula is C16H24N2O5. The summed E-state index contributed by atoms with van der Waals surface area (Å²) in [6.07, 6.45) is -1.61. The predicted octanol–water partition coefficient (Wildman–Crippen LogP) is 3.01. The summed E-state index contributed by atoms with van der Waals surface area (Å²) >= 11 is 0. The van der Waals surface area contributed by atoms with Gasteiger partial charge in [0.2, 0.25) is 0 Å². The summed E-state index contributed by atoms with van der Waals surface area (Å²) in [5.74, 6) is 0.964. The summed E-state index contributed by atoms with van der Waals surface area (Å²) in [7, 11) is 1.57. The first-order valence-electron chi connectivity index (χ1n) is 7.43. The van der Waals surface area contributed by atoms with Crippen molar-refractivity contribution in [2.45, 2.75) is 26.9 Å². The van der Waals surface area contributed by atoms with E-state index in [1.165, 1.54) is 0 Å². The Kier molecular flexibility index (Phi) is 7.73. The zero-order valence-corrected chi connectivity index (χ0v) is 13.9. The Morgan fingerprint density at radius 2 is 1.74 bits per heavy atom. The fraction of sp³-hybridized carbons (Fsp3) is 0.500. The second-order valence-electron chi connectivity index (χ2n) is 5.44. The van der Waals surface area contributed by atoms with E-state index in [0.29, 0.717) is 18.0 Å². The van der Waals surface area contributed by atoms with Crippen LogP contribution < -0.4 is 15.4 Å². The number of anilines is 1. The van der Waals surface area contributed by atoms with Crippen LogP contribution in [0.15, 0.2) is 24.3 Å². The van der Waals surface area contributed by atoms with Crippen molar-refractivity contribution in [3.8, 4) is 5.75 Å². The van der Waals surface area contributed by atoms with E-state index in [9.17, 15) is 9.59 Å². The number of hydrogen-bond donors (Lipinski definition) is 2. The second-order valence-corrected chi connectivity index (χ2v) is 5.44. The van der Waals surface area contributed by atoms with Gasteiger partial charge >= 0.3 is 12.2 Å². The second kappa shape index (κ2) is 9.55. The van der Waals surface area contributed by atoms with Gasteiger partial charge in [-0.1, -0.05) is 13.8 Å². The lowest BCUT2D eigenvalue weighted by Crippen LogP contribution is -2.35. The lowest BCUT2D eigenvalue weighted by atomic mass is 10.2. The van der Waals surface area contributed by atoms with Crippen LogP contribution in [0.3, 0.4) is 0 Å². The Hall–Kier alpha value is -2.44. The summed E-state index contributed by atoms with van der Waals surface area (Å²) in [5, 5.41) is 5.13. The van der Waals surface area contributed by atoms with Gasteiger partial charge in [0.25, 0.3) is 0 Å². The minimum Gasteiger partial charge on any atom is -0.497 e. The standard InChI is InChI=1S/C16H24N2O5/c1-11(2)10-22-15(19)17-9-12(3)23-16(20)18-13-5-7-14(21-4)8-6-13/h5-8,11-12H,9-10H2,1-4H3,(H,17,19)(H,18,20). The Morgan fingerprint density at radius 1 is 1.09 bits per heavy atom. The highest BCUT2D eigenvalue weighted by molar-refractivity contribution is 5.84. The van der Waals surface area contributed by atoms with Crippen molar-refractivity contribution in [3.63, 3.8) is 0 Å². The largest absolute Gasteiger partial charge is 0.497 e. The van der Waals surface area contributed by atoms with Crippen molar-refractivity contribution in [1.82, 2.24) is 5.32 Å². The number of carbonyl (C=O) groups is 2. The molecule has 0 heterocycles. The van der Waals surface area contributed by atoms with Gasteiger partial charge in [0.05, 0.1) is 20.3 Å². The molecule has 128 valence electrons. The molecule has 23 heavy (non-hydrogen) atoms. The minimum atomic E-state index is -0.597. The van der Waals surface area contributed by atoms with E-state index >= 15 is 0 Å². The molecule has 0 aliphatic rings. The number of methoxy groups -OCH3 is 1. The zero-order chi connectivity index (χ0) is 17.2. The van der Waals surface area contributed by atoms with Gasteiger partial charge in [-0.25, -0.2) is 9.59 Å². The monoisotopic (exact) mass is 324 g/mol. The van der Waals surface area contributed by atoms with Crippen molar-refractivity contribution < 1.29 is 23.8 Å². The molecule has 0 aromatic heterocycles. The molecule has 7 nitrogen and oxygen atoms in total. The van der Waals surface area contributed by atoms with Crippen LogP contribution in [-0.4, -0.2) is 38.6 Å². The van der Waals surface area contributed by atoms with Gasteiger partial charge in [0.15, 0.2) is 0 Å². The molecule has 0 saturated heterocycles. The highest BCUT2D eigenvalue weighted by Gasteiger charge is 2.12. The number of nitrogens with one attached hydrogen (secondary N) is 2. The van der Waals surface area contributed by atoms with E-state index < -0.39 is 18.3 Å². The van der Waals surface area contributed by atoms with E-state index in [1.54, 1.807) is 38.3 Å². The van der Waals surface area contributed by atoms with E-state index in [2.05, 4.69) is 10.6 Å². The maximum Gasteiger partial charge on any atom is 0.411 e. The molecule has 1 unspecified atom stereocenters. The fourth-order valence-electron chi connectivity index (χ4n) is 1.57. The molecule has 7 heteroatoms. The molecule has 0 bridgehead atoms. The molecule has 0 saturated carbocycles. The van der Waals surface area contributed by atoms with E-state index in [0.717, 1.165) is 0 Å². The summed E-state index contributed by atoms with van der Waals surface area (Å²) in [6, 6.07) is 6.86. The maximum atomic E-state index is 11.7. The van der Waals surface area contributed by atoms with Gasteiger partial charge in [0, 0.05) is 5.69 Å². The highest BCUT2D eigenvalue weighted by atomic mass is 16.6. The Labute approximate surface area is 136 Å². The number of amides is 2. The molecule has 1 rings (SSSR count). The lowest BCUT2D eigenvalue weighted by molar-refractivity contribution is 0.107. The lowest BCUT2D eigenvalue weighted by Gasteiger charge is -2.15. The maximum absolute atomic E-state index is 11.7. The SMILES string of the molecule is COc1ccc(NC(=O)OC(C)CNC(=O)OCC(C)C)cc1. The molecule has 2 N–H and O–H groups in total. The van der Waals surface area contributed by atoms with Crippen LogP contribution in [-0.2, 0) is 9.47 Å². The Morgan fingerprint density at radius 3 is 2.30 bits per heavy atom. The fourth-order valence-corrected chi connectivity index (χ4v) is 1.57. The Balaban J connectivity index is 2.28. The molecule has 1 atom stereocenters. The highest BCUT2D eigenvalue weighted by Crippen LogP contribution is 2.15. The molecule has 1 aromatic rings. The zero-order valence-electron chi connectivity index (χ0n) is 13.9. The summed E-state index contributed by atoms with van der Waals surface area (Å²) in [6.45, 7) is 6.09. The van der Waals surface area contributed by atoms with Gasteiger partial charge in [-0.05, 0) is 37.1 Å². The molecular weight excluding hydrogens is 300 g/mol. The predicted molar refractivity (Wildman–Crippen MR) is 86.7 cm³/mol. The first-order valence-corrected chi connectivity index (χ1v) is 7.43. The van der Waals surface area contributed by atoms with Gasteiger partial charge in [-0.3, -0.25) is 5.32 Å². The van der Waals surface area contributed by atoms with Gasteiger partial charge in [0.1, 0.15) is 11.9 Å². The van der Waals surface area contributed by atoms with E-state index in [-0.39, 0.29) is 12.5 Å². The van der Waals surface area contributed by atoms with Crippen molar-refractivity contribution in [1.29, 1.82) is 0 Å². The summed E-state index contributed by atoms with van der Waals surface area (Å²) in [5.41, 5.74) is 0.590. The van der Waals surface area contributed by atoms with Crippen LogP contribution in [0.2, 0.25) is 0 Å². The molecule has 1 aromatic carbocycles. The van der Waals surface area contributed by atoms with E-state index in [4.69, 9.17) is 14.2 Å². The van der Waals surface area contributed by atoms with E-state index in [1.807, 2.05) is 13.8 Å². The van der Waals surface area contributed by atoms with Crippen molar-refractivity contribution in [3.05, 3.63) is 24.3 Å².